The highest BCUT2D eigenvalue weighted by Gasteiger charge is 2.31. The van der Waals surface area contributed by atoms with Crippen molar-refractivity contribution >= 4 is 21.8 Å². The second-order valence-electron chi connectivity index (χ2n) is 10.3. The van der Waals surface area contributed by atoms with Gasteiger partial charge in [-0.05, 0) is 49.9 Å². The molecule has 0 aliphatic rings. The number of aryl methyl sites for hydroxylation is 1. The van der Waals surface area contributed by atoms with Crippen LogP contribution in [-0.4, -0.2) is 55.1 Å². The van der Waals surface area contributed by atoms with Crippen molar-refractivity contribution < 1.29 is 18.0 Å². The molecule has 3 aromatic rings. The molecule has 0 spiro atoms. The molecule has 0 aromatic heterocycles. The molecule has 1 N–H and O–H groups in total. The maximum Gasteiger partial charge on any atom is 0.243 e. The number of carbonyl (C=O) groups is 2. The van der Waals surface area contributed by atoms with Gasteiger partial charge >= 0.3 is 0 Å². The van der Waals surface area contributed by atoms with E-state index in [1.54, 1.807) is 35.2 Å². The molecule has 214 valence electrons. The zero-order valence-electron chi connectivity index (χ0n) is 23.9. The van der Waals surface area contributed by atoms with Crippen molar-refractivity contribution in [2.45, 2.75) is 70.0 Å². The van der Waals surface area contributed by atoms with E-state index < -0.39 is 16.1 Å². The fourth-order valence-electron chi connectivity index (χ4n) is 4.37. The molecule has 0 bridgehead atoms. The number of hydrogen-bond donors (Lipinski definition) is 1. The van der Waals surface area contributed by atoms with E-state index in [1.165, 1.54) is 11.4 Å². The van der Waals surface area contributed by atoms with E-state index in [2.05, 4.69) is 5.32 Å². The Balaban J connectivity index is 1.83. The summed E-state index contributed by atoms with van der Waals surface area (Å²) in [6, 6.07) is 25.1. The third-order valence-corrected chi connectivity index (χ3v) is 8.93. The van der Waals surface area contributed by atoms with Gasteiger partial charge in [-0.1, -0.05) is 85.3 Å². The average Bonchev–Trinajstić information content (AvgIpc) is 2.96. The number of benzene rings is 3. The molecule has 0 aliphatic carbocycles. The summed E-state index contributed by atoms with van der Waals surface area (Å²) in [4.78, 5) is 29.2. The minimum absolute atomic E-state index is 0.0288. The lowest BCUT2D eigenvalue weighted by Gasteiger charge is -2.32. The normalized spacial score (nSPS) is 13.0. The van der Waals surface area contributed by atoms with Gasteiger partial charge in [-0.25, -0.2) is 12.7 Å². The quantitative estimate of drug-likeness (QED) is 0.301. The number of sulfonamides is 1. The van der Waals surface area contributed by atoms with Gasteiger partial charge in [-0.3, -0.25) is 9.59 Å². The lowest BCUT2D eigenvalue weighted by molar-refractivity contribution is -0.141. The van der Waals surface area contributed by atoms with Crippen LogP contribution in [-0.2, 0) is 32.6 Å². The molecule has 0 aliphatic heterocycles. The van der Waals surface area contributed by atoms with Crippen LogP contribution in [0.5, 0.6) is 0 Å². The van der Waals surface area contributed by atoms with Crippen LogP contribution in [0.4, 0.5) is 0 Å². The minimum atomic E-state index is -3.65. The lowest BCUT2D eigenvalue weighted by atomic mass is 10.0. The molecule has 3 aromatic carbocycles. The summed E-state index contributed by atoms with van der Waals surface area (Å²) >= 11 is 0. The van der Waals surface area contributed by atoms with Gasteiger partial charge < -0.3 is 10.2 Å². The molecule has 2 atom stereocenters. The zero-order chi connectivity index (χ0) is 29.1. The van der Waals surface area contributed by atoms with Crippen LogP contribution < -0.4 is 5.32 Å². The van der Waals surface area contributed by atoms with E-state index in [0.29, 0.717) is 12.8 Å². The van der Waals surface area contributed by atoms with Crippen LogP contribution in [0.15, 0.2) is 89.8 Å². The van der Waals surface area contributed by atoms with Gasteiger partial charge in [0.15, 0.2) is 0 Å². The van der Waals surface area contributed by atoms with E-state index in [1.807, 2.05) is 75.4 Å². The molecule has 7 nitrogen and oxygen atoms in total. The minimum Gasteiger partial charge on any atom is -0.352 e. The van der Waals surface area contributed by atoms with Gasteiger partial charge in [0.05, 0.1) is 4.90 Å². The highest BCUT2D eigenvalue weighted by atomic mass is 32.2. The molecule has 0 saturated carbocycles. The predicted octanol–water partition coefficient (Wildman–Crippen LogP) is 4.95. The van der Waals surface area contributed by atoms with E-state index in [0.717, 1.165) is 23.1 Å². The number of rotatable bonds is 14. The molecular formula is C32H41N3O4S. The fraction of sp³-hybridized carbons (Fsp3) is 0.375. The summed E-state index contributed by atoms with van der Waals surface area (Å²) in [7, 11) is -2.13. The standard InChI is InChI=1S/C32H41N3O4S/c1-5-26(3)33-32(37)30(23-27-13-8-6-9-14-27)35(24-28-20-18-25(2)19-21-28)31(36)17-12-22-34(4)40(38,39)29-15-10-7-11-16-29/h6-11,13-16,18-21,26,30H,5,12,17,22-24H2,1-4H3,(H,33,37)/t26-,30+/m0/s1. The summed E-state index contributed by atoms with van der Waals surface area (Å²) in [5, 5.41) is 3.07. The third kappa shape index (κ3) is 8.76. The Kier molecular flexibility index (Phi) is 11.5. The number of carbonyl (C=O) groups excluding carboxylic acids is 2. The van der Waals surface area contributed by atoms with Crippen LogP contribution >= 0.6 is 0 Å². The Morgan fingerprint density at radius 3 is 2.08 bits per heavy atom. The predicted molar refractivity (Wildman–Crippen MR) is 159 cm³/mol. The van der Waals surface area contributed by atoms with Crippen molar-refractivity contribution in [1.29, 1.82) is 0 Å². The van der Waals surface area contributed by atoms with Crippen LogP contribution in [0.25, 0.3) is 0 Å². The first kappa shape index (κ1) is 31.0. The second-order valence-corrected chi connectivity index (χ2v) is 12.3. The average molecular weight is 564 g/mol. The molecule has 8 heteroatoms. The molecule has 2 amide bonds. The van der Waals surface area contributed by atoms with E-state index in [9.17, 15) is 18.0 Å². The Labute approximate surface area is 239 Å². The van der Waals surface area contributed by atoms with Gasteiger partial charge in [0, 0.05) is 39.0 Å². The van der Waals surface area contributed by atoms with Gasteiger partial charge in [-0.15, -0.1) is 0 Å². The summed E-state index contributed by atoms with van der Waals surface area (Å²) in [5.74, 6) is -0.381. The topological polar surface area (TPSA) is 86.8 Å². The highest BCUT2D eigenvalue weighted by Crippen LogP contribution is 2.19. The highest BCUT2D eigenvalue weighted by molar-refractivity contribution is 7.89. The largest absolute Gasteiger partial charge is 0.352 e. The maximum atomic E-state index is 13.8. The summed E-state index contributed by atoms with van der Waals surface area (Å²) in [6.45, 7) is 6.43. The van der Waals surface area contributed by atoms with Crippen LogP contribution in [0.2, 0.25) is 0 Å². The third-order valence-electron chi connectivity index (χ3n) is 7.06. The van der Waals surface area contributed by atoms with Crippen LogP contribution in [0, 0.1) is 6.92 Å². The SMILES string of the molecule is CC[C@H](C)NC(=O)[C@@H](Cc1ccccc1)N(Cc1ccc(C)cc1)C(=O)CCCN(C)S(=O)(=O)c1ccccc1. The van der Waals surface area contributed by atoms with Crippen LogP contribution in [0.3, 0.4) is 0 Å². The van der Waals surface area contributed by atoms with Gasteiger partial charge in [-0.2, -0.15) is 0 Å². The van der Waals surface area contributed by atoms with Crippen molar-refractivity contribution in [3.8, 4) is 0 Å². The number of nitrogens with zero attached hydrogens (tertiary/aromatic N) is 2. The Morgan fingerprint density at radius 1 is 0.875 bits per heavy atom. The van der Waals surface area contributed by atoms with Crippen molar-refractivity contribution in [2.24, 2.45) is 0 Å². The molecule has 0 heterocycles. The number of nitrogens with one attached hydrogen (secondary N) is 1. The van der Waals surface area contributed by atoms with Crippen molar-refractivity contribution in [1.82, 2.24) is 14.5 Å². The lowest BCUT2D eigenvalue weighted by Crippen LogP contribution is -2.52. The first-order valence-corrected chi connectivity index (χ1v) is 15.3. The molecule has 0 radical (unpaired) electrons. The van der Waals surface area contributed by atoms with Crippen molar-refractivity contribution in [2.75, 3.05) is 13.6 Å². The molecular weight excluding hydrogens is 522 g/mol. The Bertz CT molecular complexity index is 1330. The molecule has 40 heavy (non-hydrogen) atoms. The number of amides is 2. The van der Waals surface area contributed by atoms with Gasteiger partial charge in [0.25, 0.3) is 0 Å². The monoisotopic (exact) mass is 563 g/mol. The molecule has 0 unspecified atom stereocenters. The first-order valence-electron chi connectivity index (χ1n) is 13.8. The van der Waals surface area contributed by atoms with Crippen molar-refractivity contribution in [3.05, 3.63) is 102 Å². The molecule has 3 rings (SSSR count). The number of hydrogen-bond acceptors (Lipinski definition) is 4. The van der Waals surface area contributed by atoms with E-state index in [-0.39, 0.29) is 42.3 Å². The Hall–Kier alpha value is -3.49. The van der Waals surface area contributed by atoms with E-state index >= 15 is 0 Å². The summed E-state index contributed by atoms with van der Waals surface area (Å²) in [5.41, 5.74) is 3.00. The summed E-state index contributed by atoms with van der Waals surface area (Å²) < 4.78 is 27.1. The zero-order valence-corrected chi connectivity index (χ0v) is 24.7. The Morgan fingerprint density at radius 2 is 1.48 bits per heavy atom. The fourth-order valence-corrected chi connectivity index (χ4v) is 5.60. The summed E-state index contributed by atoms with van der Waals surface area (Å²) in [6.07, 6.45) is 1.60. The molecule has 0 fully saturated rings. The van der Waals surface area contributed by atoms with Gasteiger partial charge in [0.2, 0.25) is 21.8 Å². The maximum absolute atomic E-state index is 13.8. The first-order chi connectivity index (χ1) is 19.1. The van der Waals surface area contributed by atoms with Gasteiger partial charge in [0.1, 0.15) is 6.04 Å². The van der Waals surface area contributed by atoms with E-state index in [4.69, 9.17) is 0 Å². The second kappa shape index (κ2) is 14.8. The molecule has 0 saturated heterocycles. The van der Waals surface area contributed by atoms with Crippen LogP contribution in [0.1, 0.15) is 49.8 Å². The van der Waals surface area contributed by atoms with Crippen molar-refractivity contribution in [3.63, 3.8) is 0 Å². The smallest absolute Gasteiger partial charge is 0.243 e.